The molecule has 0 saturated carbocycles. The average molecular weight is 687 g/mol. The first-order valence-electron chi connectivity index (χ1n) is 14.7. The van der Waals surface area contributed by atoms with Crippen molar-refractivity contribution in [1.29, 1.82) is 0 Å². The van der Waals surface area contributed by atoms with Crippen molar-refractivity contribution < 1.29 is 17.9 Å². The molecule has 0 fully saturated rings. The van der Waals surface area contributed by atoms with Gasteiger partial charge in [-0.25, -0.2) is 0 Å². The Labute approximate surface area is 267 Å². The molecule has 0 N–H and O–H groups in total. The molecule has 1 unspecified atom stereocenters. The van der Waals surface area contributed by atoms with Crippen molar-refractivity contribution in [3.8, 4) is 33.4 Å². The topological polar surface area (TPSA) is 0 Å². The summed E-state index contributed by atoms with van der Waals surface area (Å²) in [6.07, 6.45) is 2.40. The van der Waals surface area contributed by atoms with Crippen molar-refractivity contribution in [1.82, 2.24) is 0 Å². The van der Waals surface area contributed by atoms with Crippen molar-refractivity contribution >= 4 is 51.8 Å². The monoisotopic (exact) mass is 684 g/mol. The first-order chi connectivity index (χ1) is 21.1. The van der Waals surface area contributed by atoms with Crippen LogP contribution >= 0.6 is 17.0 Å². The van der Waals surface area contributed by atoms with Crippen LogP contribution in [-0.4, -0.2) is 9.52 Å². The molecule has 0 bridgehead atoms. The van der Waals surface area contributed by atoms with Gasteiger partial charge < -0.3 is 0 Å². The third kappa shape index (κ3) is 4.59. The minimum atomic E-state index is -4.16. The molecule has 0 radical (unpaired) electrons. The molecule has 0 saturated heterocycles. The molecule has 0 nitrogen and oxygen atoms in total. The number of halogens is 2. The van der Waals surface area contributed by atoms with E-state index in [0.29, 0.717) is 0 Å². The second-order valence-corrected chi connectivity index (χ2v) is 27.2. The molecule has 4 heteroatoms. The second kappa shape index (κ2) is 11.0. The molecule has 1 atom stereocenters. The van der Waals surface area contributed by atoms with E-state index in [-0.39, 0.29) is 3.63 Å². The SMILES string of the molecule is [Cl][Zr]([Cl])([c]1cccc2c1[SiH2]c1ccccc1-2)[CH]1C(c2ccccc2)=Cc2c1ccc(-c1ccccc1)c2-c1ccccc1. The molecule has 0 amide bonds. The van der Waals surface area contributed by atoms with Crippen molar-refractivity contribution in [2.75, 3.05) is 0 Å². The Morgan fingerprint density at radius 3 is 1.84 bits per heavy atom. The summed E-state index contributed by atoms with van der Waals surface area (Å²) < 4.78 is 1.22. The Hall–Kier alpha value is -3.26. The van der Waals surface area contributed by atoms with Crippen LogP contribution in [0.25, 0.3) is 45.0 Å². The van der Waals surface area contributed by atoms with Gasteiger partial charge in [0.2, 0.25) is 0 Å². The van der Waals surface area contributed by atoms with E-state index < -0.39 is 27.4 Å². The van der Waals surface area contributed by atoms with Gasteiger partial charge in [-0.15, -0.1) is 0 Å². The van der Waals surface area contributed by atoms with Crippen LogP contribution in [0, 0.1) is 0 Å². The second-order valence-electron chi connectivity index (χ2n) is 11.4. The van der Waals surface area contributed by atoms with Gasteiger partial charge in [0.1, 0.15) is 0 Å². The van der Waals surface area contributed by atoms with Crippen molar-refractivity contribution in [3.63, 3.8) is 0 Å². The summed E-state index contributed by atoms with van der Waals surface area (Å²) in [5.74, 6) is 0. The summed E-state index contributed by atoms with van der Waals surface area (Å²) in [6.45, 7) is 0. The number of hydrogen-bond acceptors (Lipinski definition) is 0. The van der Waals surface area contributed by atoms with Gasteiger partial charge in [-0.05, 0) is 0 Å². The molecule has 1 aliphatic carbocycles. The van der Waals surface area contributed by atoms with Gasteiger partial charge in [-0.1, -0.05) is 0 Å². The third-order valence-electron chi connectivity index (χ3n) is 9.03. The Bertz CT molecular complexity index is 2020. The van der Waals surface area contributed by atoms with Crippen LogP contribution in [0.4, 0.5) is 0 Å². The Morgan fingerprint density at radius 1 is 0.512 bits per heavy atom. The quantitative estimate of drug-likeness (QED) is 0.159. The van der Waals surface area contributed by atoms with Crippen LogP contribution in [0.3, 0.4) is 0 Å². The molecule has 1 heterocycles. The zero-order valence-corrected chi connectivity index (χ0v) is 28.9. The summed E-state index contributed by atoms with van der Waals surface area (Å²) in [7, 11) is 15.3. The van der Waals surface area contributed by atoms with E-state index in [0.717, 1.165) is 0 Å². The molecule has 8 rings (SSSR count). The van der Waals surface area contributed by atoms with E-state index in [9.17, 15) is 0 Å². The fourth-order valence-corrected chi connectivity index (χ4v) is 23.6. The van der Waals surface area contributed by atoms with E-state index in [4.69, 9.17) is 17.0 Å². The molecule has 2 aliphatic rings. The number of benzene rings is 6. The van der Waals surface area contributed by atoms with Gasteiger partial charge >= 0.3 is 269 Å². The van der Waals surface area contributed by atoms with E-state index in [1.54, 1.807) is 0 Å². The van der Waals surface area contributed by atoms with E-state index in [1.807, 2.05) is 0 Å². The average Bonchev–Trinajstić information content (AvgIpc) is 3.65. The van der Waals surface area contributed by atoms with E-state index in [2.05, 4.69) is 152 Å². The maximum atomic E-state index is 7.98. The molecule has 0 spiro atoms. The van der Waals surface area contributed by atoms with Gasteiger partial charge in [-0.3, -0.25) is 0 Å². The first kappa shape index (κ1) is 27.3. The van der Waals surface area contributed by atoms with Gasteiger partial charge in [-0.2, -0.15) is 0 Å². The number of allylic oxidation sites excluding steroid dienone is 1. The Balaban J connectivity index is 1.38. The van der Waals surface area contributed by atoms with Crippen molar-refractivity contribution in [2.24, 2.45) is 0 Å². The van der Waals surface area contributed by atoms with Crippen LogP contribution in [0.2, 0.25) is 0 Å². The van der Waals surface area contributed by atoms with E-state index >= 15 is 0 Å². The van der Waals surface area contributed by atoms with Gasteiger partial charge in [0, 0.05) is 0 Å². The minimum absolute atomic E-state index is 0.0356. The van der Waals surface area contributed by atoms with Crippen LogP contribution in [0.5, 0.6) is 0 Å². The summed E-state index contributed by atoms with van der Waals surface area (Å²) in [5.41, 5.74) is 12.5. The molecule has 43 heavy (non-hydrogen) atoms. The molecular formula is C39H28Cl2SiZr. The van der Waals surface area contributed by atoms with Crippen molar-refractivity contribution in [2.45, 2.75) is 3.63 Å². The van der Waals surface area contributed by atoms with Crippen molar-refractivity contribution in [3.05, 3.63) is 162 Å². The van der Waals surface area contributed by atoms with E-state index in [1.165, 1.54) is 69.3 Å². The van der Waals surface area contributed by atoms with Gasteiger partial charge in [0.05, 0.1) is 0 Å². The van der Waals surface area contributed by atoms with Gasteiger partial charge in [0.25, 0.3) is 0 Å². The summed E-state index contributed by atoms with van der Waals surface area (Å²) in [4.78, 5) is 0. The predicted octanol–water partition coefficient (Wildman–Crippen LogP) is 8.50. The van der Waals surface area contributed by atoms with Crippen LogP contribution in [0.15, 0.2) is 146 Å². The number of rotatable bonds is 5. The van der Waals surface area contributed by atoms with Gasteiger partial charge in [0.15, 0.2) is 0 Å². The zero-order chi connectivity index (χ0) is 29.0. The fourth-order valence-electron chi connectivity index (χ4n) is 7.12. The summed E-state index contributed by atoms with van der Waals surface area (Å²) >= 11 is -4.16. The standard InChI is InChI=1S/C27H19.C12H9Si.2ClH.Zr/c1-4-10-20(11-5-1)24-18-23-16-17-25(21-12-6-2-7-13-21)27(26(23)19-24)22-14-8-3-9-15-22;1-3-7-11-9(5-1)10-6-2-4-8-12(10)13-11;;;/h1-19H;1-7H,13H2;2*1H;/q;;;;+2/p-2. The normalized spacial score (nSPS) is 15.6. The maximum absolute atomic E-state index is 7.98. The zero-order valence-electron chi connectivity index (χ0n) is 23.5. The molecule has 6 aromatic carbocycles. The molecule has 6 aromatic rings. The molecule has 206 valence electrons. The summed E-state index contributed by atoms with van der Waals surface area (Å²) in [5, 5.41) is 2.94. The Kier molecular flexibility index (Phi) is 7.00. The van der Waals surface area contributed by atoms with Crippen LogP contribution in [0.1, 0.15) is 20.3 Å². The molecule has 0 aromatic heterocycles. The predicted molar refractivity (Wildman–Crippen MR) is 185 cm³/mol. The number of fused-ring (bicyclic) bond motifs is 4. The number of hydrogen-bond donors (Lipinski definition) is 0. The third-order valence-corrected chi connectivity index (χ3v) is 23.2. The van der Waals surface area contributed by atoms with Crippen LogP contribution < -0.4 is 13.6 Å². The summed E-state index contributed by atoms with van der Waals surface area (Å²) in [6, 6.07) is 52.4. The molecular weight excluding hydrogens is 659 g/mol. The fraction of sp³-hybridized carbons (Fsp3) is 0.0256. The Morgan fingerprint density at radius 2 is 1.12 bits per heavy atom. The molecule has 1 aliphatic heterocycles. The first-order valence-corrected chi connectivity index (χ1v) is 25.1. The van der Waals surface area contributed by atoms with Crippen LogP contribution in [-0.2, 0) is 17.9 Å².